The van der Waals surface area contributed by atoms with Crippen molar-refractivity contribution in [3.8, 4) is 0 Å². The summed E-state index contributed by atoms with van der Waals surface area (Å²) in [6, 6.07) is 2.25. The fraction of sp³-hybridized carbons (Fsp3) is 0.643. The quantitative estimate of drug-likeness (QED) is 0.730. The largest absolute Gasteiger partial charge is 0.261 e. The van der Waals surface area contributed by atoms with Crippen molar-refractivity contribution in [2.75, 3.05) is 0 Å². The SMILES string of the molecule is CCC(C)(CC)c1ccnc2c1CCC2. The molecule has 1 aliphatic rings. The van der Waals surface area contributed by atoms with Crippen LogP contribution in [0, 0.1) is 0 Å². The zero-order valence-corrected chi connectivity index (χ0v) is 10.1. The van der Waals surface area contributed by atoms with E-state index >= 15 is 0 Å². The Hall–Kier alpha value is -0.850. The summed E-state index contributed by atoms with van der Waals surface area (Å²) in [6.45, 7) is 6.98. The normalized spacial score (nSPS) is 15.4. The molecule has 0 aromatic carbocycles. The summed E-state index contributed by atoms with van der Waals surface area (Å²) in [5.74, 6) is 0. The number of pyridine rings is 1. The first-order valence-corrected chi connectivity index (χ1v) is 6.18. The molecule has 0 unspecified atom stereocenters. The molecule has 2 rings (SSSR count). The number of aryl methyl sites for hydroxylation is 1. The van der Waals surface area contributed by atoms with E-state index in [0.29, 0.717) is 5.41 Å². The van der Waals surface area contributed by atoms with Crippen LogP contribution in [0.3, 0.4) is 0 Å². The van der Waals surface area contributed by atoms with E-state index in [1.54, 1.807) is 11.1 Å². The second-order valence-electron chi connectivity index (χ2n) is 4.91. The van der Waals surface area contributed by atoms with Crippen LogP contribution in [0.4, 0.5) is 0 Å². The zero-order valence-electron chi connectivity index (χ0n) is 10.1. The molecule has 1 heterocycles. The third-order valence-corrected chi connectivity index (χ3v) is 4.20. The summed E-state index contributed by atoms with van der Waals surface area (Å²) in [5.41, 5.74) is 4.84. The first-order chi connectivity index (χ1) is 7.21. The summed E-state index contributed by atoms with van der Waals surface area (Å²) in [7, 11) is 0. The maximum atomic E-state index is 4.50. The maximum Gasteiger partial charge on any atom is 0.0438 e. The highest BCUT2D eigenvalue weighted by atomic mass is 14.7. The van der Waals surface area contributed by atoms with Crippen molar-refractivity contribution in [3.63, 3.8) is 0 Å². The minimum absolute atomic E-state index is 0.358. The van der Waals surface area contributed by atoms with Gasteiger partial charge in [0, 0.05) is 11.9 Å². The maximum absolute atomic E-state index is 4.50. The molecule has 0 saturated carbocycles. The molecule has 1 aromatic rings. The van der Waals surface area contributed by atoms with Gasteiger partial charge in [-0.15, -0.1) is 0 Å². The van der Waals surface area contributed by atoms with Crippen LogP contribution in [-0.2, 0) is 18.3 Å². The Labute approximate surface area is 92.9 Å². The van der Waals surface area contributed by atoms with Crippen LogP contribution >= 0.6 is 0 Å². The number of hydrogen-bond acceptors (Lipinski definition) is 1. The van der Waals surface area contributed by atoms with Crippen LogP contribution in [0.2, 0.25) is 0 Å². The van der Waals surface area contributed by atoms with E-state index in [9.17, 15) is 0 Å². The van der Waals surface area contributed by atoms with Crippen molar-refractivity contribution in [1.82, 2.24) is 4.98 Å². The number of hydrogen-bond donors (Lipinski definition) is 0. The highest BCUT2D eigenvalue weighted by molar-refractivity contribution is 5.38. The fourth-order valence-corrected chi connectivity index (χ4v) is 2.66. The van der Waals surface area contributed by atoms with E-state index in [1.165, 1.54) is 37.8 Å². The van der Waals surface area contributed by atoms with Gasteiger partial charge in [-0.25, -0.2) is 0 Å². The van der Waals surface area contributed by atoms with Crippen molar-refractivity contribution in [1.29, 1.82) is 0 Å². The van der Waals surface area contributed by atoms with Gasteiger partial charge in [-0.1, -0.05) is 20.8 Å². The number of aromatic nitrogens is 1. The van der Waals surface area contributed by atoms with Gasteiger partial charge < -0.3 is 0 Å². The van der Waals surface area contributed by atoms with Gasteiger partial charge in [-0.05, 0) is 54.7 Å². The molecule has 0 radical (unpaired) electrons. The Morgan fingerprint density at radius 2 is 2.00 bits per heavy atom. The summed E-state index contributed by atoms with van der Waals surface area (Å²) >= 11 is 0. The predicted molar refractivity (Wildman–Crippen MR) is 64.2 cm³/mol. The van der Waals surface area contributed by atoms with E-state index in [2.05, 4.69) is 31.8 Å². The summed E-state index contributed by atoms with van der Waals surface area (Å²) in [4.78, 5) is 4.50. The van der Waals surface area contributed by atoms with Crippen molar-refractivity contribution >= 4 is 0 Å². The molecular formula is C14H21N. The highest BCUT2D eigenvalue weighted by Gasteiger charge is 2.28. The summed E-state index contributed by atoms with van der Waals surface area (Å²) in [5, 5.41) is 0. The Balaban J connectivity index is 2.48. The predicted octanol–water partition coefficient (Wildman–Crippen LogP) is 3.65. The van der Waals surface area contributed by atoms with E-state index < -0.39 is 0 Å². The highest BCUT2D eigenvalue weighted by Crippen LogP contribution is 2.36. The van der Waals surface area contributed by atoms with Crippen LogP contribution in [0.15, 0.2) is 12.3 Å². The molecule has 1 nitrogen and oxygen atoms in total. The first-order valence-electron chi connectivity index (χ1n) is 6.18. The molecule has 0 amide bonds. The Morgan fingerprint density at radius 1 is 1.27 bits per heavy atom. The molecule has 0 saturated heterocycles. The lowest BCUT2D eigenvalue weighted by molar-refractivity contribution is 0.435. The fourth-order valence-electron chi connectivity index (χ4n) is 2.66. The summed E-state index contributed by atoms with van der Waals surface area (Å²) < 4.78 is 0. The van der Waals surface area contributed by atoms with Crippen LogP contribution in [0.25, 0.3) is 0 Å². The van der Waals surface area contributed by atoms with Gasteiger partial charge in [0.15, 0.2) is 0 Å². The summed E-state index contributed by atoms with van der Waals surface area (Å²) in [6.07, 6.45) is 8.17. The number of rotatable bonds is 3. The number of nitrogens with zero attached hydrogens (tertiary/aromatic N) is 1. The second kappa shape index (κ2) is 3.96. The Morgan fingerprint density at radius 3 is 2.67 bits per heavy atom. The molecule has 1 heteroatoms. The standard InChI is InChI=1S/C14H21N/c1-4-14(3,5-2)12-9-10-15-13-8-6-7-11(12)13/h9-10H,4-8H2,1-3H3. The van der Waals surface area contributed by atoms with E-state index in [-0.39, 0.29) is 0 Å². The lowest BCUT2D eigenvalue weighted by atomic mass is 9.76. The minimum Gasteiger partial charge on any atom is -0.261 e. The van der Waals surface area contributed by atoms with Crippen LogP contribution < -0.4 is 0 Å². The van der Waals surface area contributed by atoms with Crippen molar-refractivity contribution in [2.24, 2.45) is 0 Å². The minimum atomic E-state index is 0.358. The van der Waals surface area contributed by atoms with Crippen molar-refractivity contribution < 1.29 is 0 Å². The molecule has 0 aliphatic heterocycles. The lowest BCUT2D eigenvalue weighted by Gasteiger charge is -2.29. The molecule has 0 fully saturated rings. The molecule has 0 spiro atoms. The Kier molecular flexibility index (Phi) is 2.81. The number of fused-ring (bicyclic) bond motifs is 1. The Bertz CT molecular complexity index is 350. The molecule has 0 N–H and O–H groups in total. The smallest absolute Gasteiger partial charge is 0.0438 e. The van der Waals surface area contributed by atoms with Gasteiger partial charge in [-0.3, -0.25) is 4.98 Å². The van der Waals surface area contributed by atoms with Crippen LogP contribution in [-0.4, -0.2) is 4.98 Å². The molecule has 1 aromatic heterocycles. The van der Waals surface area contributed by atoms with Crippen LogP contribution in [0.5, 0.6) is 0 Å². The van der Waals surface area contributed by atoms with Gasteiger partial charge in [0.05, 0.1) is 0 Å². The monoisotopic (exact) mass is 203 g/mol. The van der Waals surface area contributed by atoms with E-state index in [0.717, 1.165) is 0 Å². The van der Waals surface area contributed by atoms with Gasteiger partial charge in [0.2, 0.25) is 0 Å². The topological polar surface area (TPSA) is 12.9 Å². The van der Waals surface area contributed by atoms with Gasteiger partial charge >= 0.3 is 0 Å². The second-order valence-corrected chi connectivity index (χ2v) is 4.91. The molecule has 1 aliphatic carbocycles. The van der Waals surface area contributed by atoms with E-state index in [1.807, 2.05) is 6.20 Å². The van der Waals surface area contributed by atoms with Crippen LogP contribution in [0.1, 0.15) is 56.9 Å². The zero-order chi connectivity index (χ0) is 10.9. The first kappa shape index (κ1) is 10.7. The molecule has 82 valence electrons. The van der Waals surface area contributed by atoms with E-state index in [4.69, 9.17) is 0 Å². The van der Waals surface area contributed by atoms with Crippen molar-refractivity contribution in [2.45, 2.75) is 58.3 Å². The average molecular weight is 203 g/mol. The van der Waals surface area contributed by atoms with Gasteiger partial charge in [-0.2, -0.15) is 0 Å². The molecular weight excluding hydrogens is 182 g/mol. The molecule has 0 bridgehead atoms. The molecule has 15 heavy (non-hydrogen) atoms. The average Bonchev–Trinajstić information content (AvgIpc) is 2.75. The van der Waals surface area contributed by atoms with Gasteiger partial charge in [0.1, 0.15) is 0 Å². The lowest BCUT2D eigenvalue weighted by Crippen LogP contribution is -2.21. The van der Waals surface area contributed by atoms with Gasteiger partial charge in [0.25, 0.3) is 0 Å². The third-order valence-electron chi connectivity index (χ3n) is 4.20. The third kappa shape index (κ3) is 1.68. The molecule has 0 atom stereocenters. The van der Waals surface area contributed by atoms with Crippen molar-refractivity contribution in [3.05, 3.63) is 29.1 Å².